The van der Waals surface area contributed by atoms with Crippen molar-refractivity contribution in [2.45, 2.75) is 27.0 Å². The molecule has 0 N–H and O–H groups in total. The molecule has 0 saturated carbocycles. The molecule has 1 aliphatic heterocycles. The van der Waals surface area contributed by atoms with Crippen LogP contribution in [0.4, 0.5) is 0 Å². The Bertz CT molecular complexity index is 1310. The number of ketones is 1. The predicted molar refractivity (Wildman–Crippen MR) is 123 cm³/mol. The van der Waals surface area contributed by atoms with Gasteiger partial charge < -0.3 is 14.0 Å². The standard InChI is InChI=1S/C27H23NO3/c1-3-28-16-20(22-6-4-5-7-24(22)28)14-26-27(29)23-13-12-21(15-25(23)31-26)30-17-19-10-8-18(2)9-11-19/h4-16H,3,17H2,1-2H3/b26-14-. The van der Waals surface area contributed by atoms with Crippen LogP contribution in [0.5, 0.6) is 11.5 Å². The van der Waals surface area contributed by atoms with Gasteiger partial charge in [-0.3, -0.25) is 4.79 Å². The Hall–Kier alpha value is -3.79. The van der Waals surface area contributed by atoms with Crippen LogP contribution in [0.15, 0.2) is 78.7 Å². The molecule has 1 aliphatic rings. The van der Waals surface area contributed by atoms with E-state index >= 15 is 0 Å². The number of allylic oxidation sites excluding steroid dienone is 1. The summed E-state index contributed by atoms with van der Waals surface area (Å²) in [5.74, 6) is 1.45. The summed E-state index contributed by atoms with van der Waals surface area (Å²) in [6, 6.07) is 21.8. The molecule has 0 bridgehead atoms. The van der Waals surface area contributed by atoms with E-state index in [1.165, 1.54) is 5.56 Å². The number of para-hydroxylation sites is 1. The highest BCUT2D eigenvalue weighted by atomic mass is 16.5. The van der Waals surface area contributed by atoms with Gasteiger partial charge in [-0.1, -0.05) is 48.0 Å². The Balaban J connectivity index is 1.39. The Morgan fingerprint density at radius 1 is 1.03 bits per heavy atom. The maximum atomic E-state index is 12.9. The van der Waals surface area contributed by atoms with E-state index in [9.17, 15) is 4.79 Å². The lowest BCUT2D eigenvalue weighted by atomic mass is 10.1. The summed E-state index contributed by atoms with van der Waals surface area (Å²) in [6.45, 7) is 5.49. The number of aryl methyl sites for hydroxylation is 2. The topological polar surface area (TPSA) is 40.5 Å². The van der Waals surface area contributed by atoms with Crippen LogP contribution in [-0.4, -0.2) is 10.4 Å². The Morgan fingerprint density at radius 3 is 2.65 bits per heavy atom. The first-order valence-electron chi connectivity index (χ1n) is 10.5. The molecule has 154 valence electrons. The van der Waals surface area contributed by atoms with Crippen LogP contribution in [0.1, 0.15) is 34.0 Å². The van der Waals surface area contributed by atoms with Crippen molar-refractivity contribution in [1.29, 1.82) is 0 Å². The average molecular weight is 409 g/mol. The molecule has 0 aliphatic carbocycles. The van der Waals surface area contributed by atoms with Crippen molar-refractivity contribution >= 4 is 22.8 Å². The van der Waals surface area contributed by atoms with Gasteiger partial charge in [0.2, 0.25) is 5.78 Å². The predicted octanol–water partition coefficient (Wildman–Crippen LogP) is 6.16. The number of aromatic nitrogens is 1. The fraction of sp³-hybridized carbons (Fsp3) is 0.148. The molecule has 4 heteroatoms. The normalized spacial score (nSPS) is 14.1. The molecule has 0 atom stereocenters. The van der Waals surface area contributed by atoms with Crippen molar-refractivity contribution in [2.75, 3.05) is 0 Å². The number of carbonyl (C=O) groups is 1. The molecule has 3 aromatic carbocycles. The maximum Gasteiger partial charge on any atom is 0.231 e. The SMILES string of the molecule is CCn1cc(/C=C2\Oc3cc(OCc4ccc(C)cc4)ccc3C2=O)c2ccccc21. The first-order valence-corrected chi connectivity index (χ1v) is 10.5. The zero-order chi connectivity index (χ0) is 21.4. The van der Waals surface area contributed by atoms with E-state index in [-0.39, 0.29) is 5.78 Å². The molecule has 0 spiro atoms. The number of Topliss-reactive ketones (excluding diaryl/α,β-unsaturated/α-hetero) is 1. The summed E-state index contributed by atoms with van der Waals surface area (Å²) in [5.41, 5.74) is 5.00. The molecule has 31 heavy (non-hydrogen) atoms. The minimum atomic E-state index is -0.103. The van der Waals surface area contributed by atoms with Crippen molar-refractivity contribution in [3.63, 3.8) is 0 Å². The molecule has 5 rings (SSSR count). The van der Waals surface area contributed by atoms with Gasteiger partial charge in [0.15, 0.2) is 5.76 Å². The monoisotopic (exact) mass is 409 g/mol. The summed E-state index contributed by atoms with van der Waals surface area (Å²) in [6.07, 6.45) is 3.90. The van der Waals surface area contributed by atoms with Crippen LogP contribution in [0, 0.1) is 6.92 Å². The first kappa shape index (κ1) is 19.2. The number of fused-ring (bicyclic) bond motifs is 2. The van der Waals surface area contributed by atoms with Crippen LogP contribution >= 0.6 is 0 Å². The number of hydrogen-bond donors (Lipinski definition) is 0. The van der Waals surface area contributed by atoms with Crippen LogP contribution in [0.2, 0.25) is 0 Å². The molecule has 2 heterocycles. The Morgan fingerprint density at radius 2 is 1.84 bits per heavy atom. The largest absolute Gasteiger partial charge is 0.489 e. The number of carbonyl (C=O) groups excluding carboxylic acids is 1. The molecular formula is C27H23NO3. The first-order chi connectivity index (χ1) is 15.1. The van der Waals surface area contributed by atoms with Crippen LogP contribution in [0.3, 0.4) is 0 Å². The second-order valence-electron chi connectivity index (χ2n) is 7.76. The summed E-state index contributed by atoms with van der Waals surface area (Å²) in [7, 11) is 0. The highest BCUT2D eigenvalue weighted by Gasteiger charge is 2.28. The maximum absolute atomic E-state index is 12.9. The third kappa shape index (κ3) is 3.61. The fourth-order valence-electron chi connectivity index (χ4n) is 3.90. The molecule has 0 amide bonds. The van der Waals surface area contributed by atoms with Crippen LogP contribution in [0.25, 0.3) is 17.0 Å². The molecule has 0 saturated heterocycles. The van der Waals surface area contributed by atoms with E-state index in [4.69, 9.17) is 9.47 Å². The Kier molecular flexibility index (Phi) is 4.83. The van der Waals surface area contributed by atoms with Gasteiger partial charge in [0.05, 0.1) is 5.56 Å². The van der Waals surface area contributed by atoms with Gasteiger partial charge in [0.1, 0.15) is 18.1 Å². The number of rotatable bonds is 5. The molecule has 1 aromatic heterocycles. The second kappa shape index (κ2) is 7.80. The Labute approximate surface area is 181 Å². The summed E-state index contributed by atoms with van der Waals surface area (Å²) in [5, 5.41) is 1.10. The highest BCUT2D eigenvalue weighted by Crippen LogP contribution is 2.36. The molecule has 0 radical (unpaired) electrons. The van der Waals surface area contributed by atoms with Crippen molar-refractivity contribution < 1.29 is 14.3 Å². The molecule has 4 aromatic rings. The zero-order valence-corrected chi connectivity index (χ0v) is 17.6. The van der Waals surface area contributed by atoms with Crippen molar-refractivity contribution in [1.82, 2.24) is 4.57 Å². The van der Waals surface area contributed by atoms with E-state index in [0.717, 1.165) is 28.6 Å². The van der Waals surface area contributed by atoms with Gasteiger partial charge in [-0.05, 0) is 43.7 Å². The molecular weight excluding hydrogens is 386 g/mol. The van der Waals surface area contributed by atoms with Gasteiger partial charge in [-0.15, -0.1) is 0 Å². The minimum Gasteiger partial charge on any atom is -0.489 e. The van der Waals surface area contributed by atoms with Gasteiger partial charge in [-0.2, -0.15) is 0 Å². The average Bonchev–Trinajstić information content (AvgIpc) is 3.31. The number of benzene rings is 3. The summed E-state index contributed by atoms with van der Waals surface area (Å²) >= 11 is 0. The van der Waals surface area contributed by atoms with Crippen LogP contribution < -0.4 is 9.47 Å². The van der Waals surface area contributed by atoms with E-state index in [1.807, 2.05) is 24.3 Å². The summed E-state index contributed by atoms with van der Waals surface area (Å²) < 4.78 is 14.0. The molecule has 4 nitrogen and oxygen atoms in total. The summed E-state index contributed by atoms with van der Waals surface area (Å²) in [4.78, 5) is 12.9. The quantitative estimate of drug-likeness (QED) is 0.370. The van der Waals surface area contributed by atoms with Crippen LogP contribution in [-0.2, 0) is 13.2 Å². The van der Waals surface area contributed by atoms with Gasteiger partial charge in [0, 0.05) is 35.3 Å². The minimum absolute atomic E-state index is 0.103. The van der Waals surface area contributed by atoms with Crippen molar-refractivity contribution in [3.8, 4) is 11.5 Å². The lowest BCUT2D eigenvalue weighted by Gasteiger charge is -2.07. The van der Waals surface area contributed by atoms with E-state index < -0.39 is 0 Å². The van der Waals surface area contributed by atoms with E-state index in [2.05, 4.69) is 61.0 Å². The van der Waals surface area contributed by atoms with E-state index in [0.29, 0.717) is 29.4 Å². The highest BCUT2D eigenvalue weighted by molar-refractivity contribution is 6.15. The number of ether oxygens (including phenoxy) is 2. The third-order valence-corrected chi connectivity index (χ3v) is 5.61. The van der Waals surface area contributed by atoms with E-state index in [1.54, 1.807) is 12.1 Å². The lowest BCUT2D eigenvalue weighted by Crippen LogP contribution is -1.98. The molecule has 0 unspecified atom stereocenters. The van der Waals surface area contributed by atoms with Gasteiger partial charge >= 0.3 is 0 Å². The van der Waals surface area contributed by atoms with Crippen molar-refractivity contribution in [3.05, 3.63) is 101 Å². The van der Waals surface area contributed by atoms with Crippen molar-refractivity contribution in [2.24, 2.45) is 0 Å². The molecule has 0 fully saturated rings. The fourth-order valence-corrected chi connectivity index (χ4v) is 3.90. The number of nitrogens with zero attached hydrogens (tertiary/aromatic N) is 1. The smallest absolute Gasteiger partial charge is 0.231 e. The zero-order valence-electron chi connectivity index (χ0n) is 17.6. The second-order valence-corrected chi connectivity index (χ2v) is 7.76. The third-order valence-electron chi connectivity index (χ3n) is 5.61. The lowest BCUT2D eigenvalue weighted by molar-refractivity contribution is 0.101. The van der Waals surface area contributed by atoms with Gasteiger partial charge in [0.25, 0.3) is 0 Å². The number of hydrogen-bond acceptors (Lipinski definition) is 3. The van der Waals surface area contributed by atoms with Gasteiger partial charge in [-0.25, -0.2) is 0 Å².